The normalized spacial score (nSPS) is 15.8. The maximum absolute atomic E-state index is 12.3. The van der Waals surface area contributed by atoms with Crippen molar-refractivity contribution in [3.63, 3.8) is 0 Å². The first-order chi connectivity index (χ1) is 11.2. The summed E-state index contributed by atoms with van der Waals surface area (Å²) >= 11 is 11.9. The van der Waals surface area contributed by atoms with Crippen LogP contribution in [-0.4, -0.2) is 21.7 Å². The van der Waals surface area contributed by atoms with Gasteiger partial charge in [0.05, 0.1) is 21.8 Å². The molecule has 0 atom stereocenters. The highest BCUT2D eigenvalue weighted by atomic mass is 35.5. The number of halogens is 2. The molecule has 1 aliphatic rings. The van der Waals surface area contributed by atoms with Gasteiger partial charge in [-0.25, -0.2) is 9.97 Å². The van der Waals surface area contributed by atoms with Crippen molar-refractivity contribution >= 4 is 40.8 Å². The topological polar surface area (TPSA) is 72.0 Å². The molecule has 7 heteroatoms. The van der Waals surface area contributed by atoms with Crippen LogP contribution in [0.15, 0.2) is 24.4 Å². The third kappa shape index (κ3) is 3.42. The fourth-order valence-corrected chi connectivity index (χ4v) is 3.23. The largest absolute Gasteiger partial charge is 0.294 e. The second-order valence-corrected chi connectivity index (χ2v) is 7.42. The smallest absolute Gasteiger partial charge is 0.259 e. The summed E-state index contributed by atoms with van der Waals surface area (Å²) in [6.07, 6.45) is 2.59. The van der Waals surface area contributed by atoms with Gasteiger partial charge in [0.15, 0.2) is 5.78 Å². The fourth-order valence-electron chi connectivity index (χ4n) is 2.73. The highest BCUT2D eigenvalue weighted by Gasteiger charge is 2.32. The van der Waals surface area contributed by atoms with E-state index in [1.165, 1.54) is 18.3 Å². The lowest BCUT2D eigenvalue weighted by atomic mass is 9.76. The van der Waals surface area contributed by atoms with E-state index in [4.69, 9.17) is 23.2 Å². The van der Waals surface area contributed by atoms with Crippen molar-refractivity contribution in [2.75, 3.05) is 5.32 Å². The average Bonchev–Trinajstić information content (AvgIpc) is 2.45. The number of hydrogen-bond donors (Lipinski definition) is 1. The molecule has 1 N–H and O–H groups in total. The van der Waals surface area contributed by atoms with Gasteiger partial charge in [0.25, 0.3) is 5.91 Å². The molecule has 0 saturated heterocycles. The Morgan fingerprint density at radius 1 is 1.25 bits per heavy atom. The minimum absolute atomic E-state index is 0.0277. The van der Waals surface area contributed by atoms with Gasteiger partial charge in [-0.05, 0) is 30.0 Å². The van der Waals surface area contributed by atoms with Gasteiger partial charge in [-0.2, -0.15) is 0 Å². The molecule has 1 aromatic heterocycles. The molecule has 2 aromatic rings. The SMILES string of the molecule is CC1(C)CC(=O)c2cnc(NC(=O)c3ccc(Cl)cc3Cl)nc2C1. The monoisotopic (exact) mass is 363 g/mol. The predicted molar refractivity (Wildman–Crippen MR) is 92.9 cm³/mol. The predicted octanol–water partition coefficient (Wildman–Crippen LogP) is 4.19. The van der Waals surface area contributed by atoms with Crippen LogP contribution in [0.1, 0.15) is 46.7 Å². The van der Waals surface area contributed by atoms with E-state index in [1.807, 2.05) is 13.8 Å². The third-order valence-corrected chi connectivity index (χ3v) is 4.40. The minimum Gasteiger partial charge on any atom is -0.294 e. The summed E-state index contributed by atoms with van der Waals surface area (Å²) in [5, 5.41) is 3.30. The zero-order valence-electron chi connectivity index (χ0n) is 13.2. The van der Waals surface area contributed by atoms with E-state index in [1.54, 1.807) is 6.07 Å². The maximum Gasteiger partial charge on any atom is 0.259 e. The van der Waals surface area contributed by atoms with E-state index in [2.05, 4.69) is 15.3 Å². The number of anilines is 1. The lowest BCUT2D eigenvalue weighted by Crippen LogP contribution is -2.28. The van der Waals surface area contributed by atoms with Crippen LogP contribution in [0.4, 0.5) is 5.95 Å². The van der Waals surface area contributed by atoms with E-state index in [0.29, 0.717) is 29.1 Å². The van der Waals surface area contributed by atoms with Crippen molar-refractivity contribution in [1.82, 2.24) is 9.97 Å². The molecule has 1 heterocycles. The van der Waals surface area contributed by atoms with Gasteiger partial charge in [-0.15, -0.1) is 0 Å². The molecule has 0 saturated carbocycles. The molecule has 1 aliphatic carbocycles. The van der Waals surface area contributed by atoms with Crippen LogP contribution in [0.25, 0.3) is 0 Å². The second-order valence-electron chi connectivity index (χ2n) is 6.57. The Hall–Kier alpha value is -1.98. The number of benzene rings is 1. The van der Waals surface area contributed by atoms with Crippen LogP contribution in [-0.2, 0) is 6.42 Å². The van der Waals surface area contributed by atoms with Gasteiger partial charge in [-0.3, -0.25) is 14.9 Å². The van der Waals surface area contributed by atoms with E-state index in [0.717, 1.165) is 0 Å². The zero-order chi connectivity index (χ0) is 17.5. The number of rotatable bonds is 2. The van der Waals surface area contributed by atoms with Crippen LogP contribution >= 0.6 is 23.2 Å². The molecule has 1 amide bonds. The molecule has 0 aliphatic heterocycles. The molecule has 0 fully saturated rings. The lowest BCUT2D eigenvalue weighted by Gasteiger charge is -2.29. The van der Waals surface area contributed by atoms with E-state index in [9.17, 15) is 9.59 Å². The van der Waals surface area contributed by atoms with Gasteiger partial charge in [0, 0.05) is 17.6 Å². The van der Waals surface area contributed by atoms with Crippen LogP contribution in [0.5, 0.6) is 0 Å². The van der Waals surface area contributed by atoms with Gasteiger partial charge < -0.3 is 0 Å². The van der Waals surface area contributed by atoms with Gasteiger partial charge in [0.2, 0.25) is 5.95 Å². The summed E-state index contributed by atoms with van der Waals surface area (Å²) in [4.78, 5) is 32.9. The molecule has 0 radical (unpaired) electrons. The van der Waals surface area contributed by atoms with Gasteiger partial charge in [0.1, 0.15) is 0 Å². The number of amides is 1. The van der Waals surface area contributed by atoms with E-state index >= 15 is 0 Å². The minimum atomic E-state index is -0.432. The Labute approximate surface area is 149 Å². The molecule has 5 nitrogen and oxygen atoms in total. The first kappa shape index (κ1) is 16.9. The third-order valence-electron chi connectivity index (χ3n) is 3.85. The molecule has 124 valence electrons. The number of ketones is 1. The Kier molecular flexibility index (Phi) is 4.32. The molecule has 3 rings (SSSR count). The number of fused-ring (bicyclic) bond motifs is 1. The number of hydrogen-bond acceptors (Lipinski definition) is 4. The van der Waals surface area contributed by atoms with Gasteiger partial charge >= 0.3 is 0 Å². The van der Waals surface area contributed by atoms with Crippen LogP contribution in [0.2, 0.25) is 10.0 Å². The summed E-state index contributed by atoms with van der Waals surface area (Å²) in [5.74, 6) is -0.256. The first-order valence-corrected chi connectivity index (χ1v) is 8.16. The maximum atomic E-state index is 12.3. The summed E-state index contributed by atoms with van der Waals surface area (Å²) in [7, 11) is 0. The Morgan fingerprint density at radius 3 is 2.71 bits per heavy atom. The van der Waals surface area contributed by atoms with Crippen molar-refractivity contribution in [2.24, 2.45) is 5.41 Å². The van der Waals surface area contributed by atoms with Gasteiger partial charge in [-0.1, -0.05) is 37.0 Å². The molecule has 0 spiro atoms. The van der Waals surface area contributed by atoms with E-state index < -0.39 is 5.91 Å². The average molecular weight is 364 g/mol. The first-order valence-electron chi connectivity index (χ1n) is 7.41. The molecule has 0 bridgehead atoms. The van der Waals surface area contributed by atoms with Crippen molar-refractivity contribution in [3.8, 4) is 0 Å². The number of carbonyl (C=O) groups excluding carboxylic acids is 2. The number of nitrogens with one attached hydrogen (secondary N) is 1. The number of aromatic nitrogens is 2. The molecular weight excluding hydrogens is 349 g/mol. The summed E-state index contributed by atoms with van der Waals surface area (Å²) in [6, 6.07) is 4.61. The second kappa shape index (κ2) is 6.15. The standard InChI is InChI=1S/C17H15Cl2N3O2/c1-17(2)6-13-11(14(23)7-17)8-20-16(21-13)22-15(24)10-4-3-9(18)5-12(10)19/h3-5,8H,6-7H2,1-2H3,(H,20,21,22,24). The quantitative estimate of drug-likeness (QED) is 0.867. The van der Waals surface area contributed by atoms with E-state index in [-0.39, 0.29) is 27.7 Å². The van der Waals surface area contributed by atoms with Crippen LogP contribution in [0, 0.1) is 5.41 Å². The molecule has 0 unspecified atom stereocenters. The number of Topliss-reactive ketones (excluding diaryl/α,β-unsaturated/α-hetero) is 1. The number of nitrogens with zero attached hydrogens (tertiary/aromatic N) is 2. The lowest BCUT2D eigenvalue weighted by molar-refractivity contribution is 0.0909. The number of carbonyl (C=O) groups is 2. The Balaban J connectivity index is 1.86. The summed E-state index contributed by atoms with van der Waals surface area (Å²) < 4.78 is 0. The van der Waals surface area contributed by atoms with Crippen molar-refractivity contribution < 1.29 is 9.59 Å². The zero-order valence-corrected chi connectivity index (χ0v) is 14.7. The van der Waals surface area contributed by atoms with Crippen LogP contribution < -0.4 is 5.32 Å². The fraction of sp³-hybridized carbons (Fsp3) is 0.294. The van der Waals surface area contributed by atoms with Crippen LogP contribution in [0.3, 0.4) is 0 Å². The molecular formula is C17H15Cl2N3O2. The summed E-state index contributed by atoms with van der Waals surface area (Å²) in [6.45, 7) is 4.03. The van der Waals surface area contributed by atoms with Crippen molar-refractivity contribution in [2.45, 2.75) is 26.7 Å². The van der Waals surface area contributed by atoms with Crippen molar-refractivity contribution in [3.05, 3.63) is 51.3 Å². The highest BCUT2D eigenvalue weighted by molar-refractivity contribution is 6.37. The van der Waals surface area contributed by atoms with Crippen molar-refractivity contribution in [1.29, 1.82) is 0 Å². The molecule has 1 aromatic carbocycles. The molecule has 24 heavy (non-hydrogen) atoms. The highest BCUT2D eigenvalue weighted by Crippen LogP contribution is 2.33. The summed E-state index contributed by atoms with van der Waals surface area (Å²) in [5.41, 5.74) is 1.30. The Bertz CT molecular complexity index is 850. The Morgan fingerprint density at radius 2 is 2.00 bits per heavy atom.